The Hall–Kier alpha value is -3.72. The van der Waals surface area contributed by atoms with Gasteiger partial charge in [-0.05, 0) is 49.2 Å². The average molecular weight is 472 g/mol. The fourth-order valence-corrected chi connectivity index (χ4v) is 5.18. The number of anilines is 2. The van der Waals surface area contributed by atoms with Gasteiger partial charge in [-0.25, -0.2) is 15.0 Å². The fraction of sp³-hybridized carbons (Fsp3) is 0.385. The predicted molar refractivity (Wildman–Crippen MR) is 134 cm³/mol. The number of hydrogen-bond acceptors (Lipinski definition) is 8. The van der Waals surface area contributed by atoms with Crippen LogP contribution in [0.3, 0.4) is 0 Å². The average Bonchev–Trinajstić information content (AvgIpc) is 3.47. The minimum atomic E-state index is -0.376. The Labute approximate surface area is 203 Å². The lowest BCUT2D eigenvalue weighted by molar-refractivity contribution is 0.157. The van der Waals surface area contributed by atoms with E-state index in [1.54, 1.807) is 30.9 Å². The number of aromatic hydroxyl groups is 1. The standard InChI is InChI=1S/C26H29N7O2/c1-17-14-32(15-22(17)35)25-23-26(33(16-28-23)20-6-10-27-11-7-20)30-24(29-25)18-8-12-31(13-9-18)19-2-4-21(34)5-3-19/h2-7,10-11,16-18,22,34-35H,8-9,12-15H2,1H3/t17-,22-/m0/s1. The molecule has 9 heteroatoms. The highest BCUT2D eigenvalue weighted by Gasteiger charge is 2.32. The second-order valence-electron chi connectivity index (χ2n) is 9.62. The minimum absolute atomic E-state index is 0.180. The molecule has 5 heterocycles. The summed E-state index contributed by atoms with van der Waals surface area (Å²) in [5.74, 6) is 2.34. The quantitative estimate of drug-likeness (QED) is 0.468. The third-order valence-corrected chi connectivity index (χ3v) is 7.28. The van der Waals surface area contributed by atoms with E-state index < -0.39 is 0 Å². The molecule has 3 aromatic heterocycles. The number of imidazole rings is 1. The Morgan fingerprint density at radius 1 is 0.886 bits per heavy atom. The highest BCUT2D eigenvalue weighted by atomic mass is 16.3. The second-order valence-corrected chi connectivity index (χ2v) is 9.62. The maximum atomic E-state index is 10.4. The van der Waals surface area contributed by atoms with Gasteiger partial charge in [0.1, 0.15) is 17.9 Å². The molecule has 1 aromatic carbocycles. The van der Waals surface area contributed by atoms with E-state index in [2.05, 4.69) is 21.7 Å². The van der Waals surface area contributed by atoms with E-state index >= 15 is 0 Å². The maximum Gasteiger partial charge on any atom is 0.170 e. The van der Waals surface area contributed by atoms with Crippen LogP contribution in [0.25, 0.3) is 16.9 Å². The normalized spacial score (nSPS) is 21.2. The van der Waals surface area contributed by atoms with Gasteiger partial charge in [0.2, 0.25) is 0 Å². The van der Waals surface area contributed by atoms with E-state index in [0.717, 1.165) is 66.7 Å². The Bertz CT molecular complexity index is 1310. The molecular weight excluding hydrogens is 442 g/mol. The monoisotopic (exact) mass is 471 g/mol. The van der Waals surface area contributed by atoms with Crippen LogP contribution in [-0.4, -0.2) is 67.0 Å². The van der Waals surface area contributed by atoms with E-state index in [1.807, 2.05) is 28.8 Å². The van der Waals surface area contributed by atoms with Crippen LogP contribution in [0.5, 0.6) is 5.75 Å². The molecule has 0 unspecified atom stereocenters. The second kappa shape index (κ2) is 8.81. The number of phenols is 1. The Balaban J connectivity index is 1.35. The molecule has 0 radical (unpaired) electrons. The van der Waals surface area contributed by atoms with E-state index in [-0.39, 0.29) is 23.7 Å². The van der Waals surface area contributed by atoms with E-state index in [9.17, 15) is 10.2 Å². The van der Waals surface area contributed by atoms with Gasteiger partial charge in [-0.2, -0.15) is 0 Å². The van der Waals surface area contributed by atoms with Gasteiger partial charge >= 0.3 is 0 Å². The number of benzene rings is 1. The molecule has 0 bridgehead atoms. The third-order valence-electron chi connectivity index (χ3n) is 7.28. The summed E-state index contributed by atoms with van der Waals surface area (Å²) in [7, 11) is 0. The molecule has 180 valence electrons. The number of rotatable bonds is 4. The van der Waals surface area contributed by atoms with Crippen LogP contribution in [0, 0.1) is 5.92 Å². The first-order valence-electron chi connectivity index (χ1n) is 12.2. The Kier molecular flexibility index (Phi) is 5.49. The summed E-state index contributed by atoms with van der Waals surface area (Å²) in [5.41, 5.74) is 3.61. The number of piperidine rings is 1. The van der Waals surface area contributed by atoms with Gasteiger partial charge in [-0.1, -0.05) is 6.92 Å². The molecule has 4 aromatic rings. The van der Waals surface area contributed by atoms with Crippen molar-refractivity contribution < 1.29 is 10.2 Å². The van der Waals surface area contributed by atoms with Gasteiger partial charge in [0.25, 0.3) is 0 Å². The maximum absolute atomic E-state index is 10.4. The van der Waals surface area contributed by atoms with Crippen molar-refractivity contribution in [3.05, 3.63) is 60.9 Å². The molecule has 2 aliphatic heterocycles. The zero-order chi connectivity index (χ0) is 23.9. The lowest BCUT2D eigenvalue weighted by Crippen LogP contribution is -2.33. The topological polar surface area (TPSA) is 103 Å². The molecule has 35 heavy (non-hydrogen) atoms. The molecule has 0 aliphatic carbocycles. The van der Waals surface area contributed by atoms with Crippen molar-refractivity contribution in [2.45, 2.75) is 31.8 Å². The van der Waals surface area contributed by atoms with Gasteiger partial charge in [0.15, 0.2) is 17.0 Å². The summed E-state index contributed by atoms with van der Waals surface area (Å²) in [6.45, 7) is 5.16. The molecule has 0 amide bonds. The van der Waals surface area contributed by atoms with Crippen molar-refractivity contribution in [1.29, 1.82) is 0 Å². The van der Waals surface area contributed by atoms with Crippen LogP contribution in [-0.2, 0) is 0 Å². The number of phenolic OH excluding ortho intramolecular Hbond substituents is 1. The van der Waals surface area contributed by atoms with E-state index in [4.69, 9.17) is 15.0 Å². The summed E-state index contributed by atoms with van der Waals surface area (Å²) in [6, 6.07) is 11.3. The van der Waals surface area contributed by atoms with Crippen LogP contribution >= 0.6 is 0 Å². The van der Waals surface area contributed by atoms with Crippen LogP contribution in [0.2, 0.25) is 0 Å². The molecule has 2 fully saturated rings. The first kappa shape index (κ1) is 21.8. The summed E-state index contributed by atoms with van der Waals surface area (Å²) in [6.07, 6.45) is 6.83. The number of nitrogens with zero attached hydrogens (tertiary/aromatic N) is 7. The lowest BCUT2D eigenvalue weighted by Gasteiger charge is -2.33. The highest BCUT2D eigenvalue weighted by Crippen LogP contribution is 2.34. The Morgan fingerprint density at radius 3 is 2.31 bits per heavy atom. The zero-order valence-electron chi connectivity index (χ0n) is 19.7. The van der Waals surface area contributed by atoms with Gasteiger partial charge in [0, 0.05) is 56.1 Å². The number of β-amino-alcohol motifs (C(OH)–C–C–N with tert-alkyl or cyclic N) is 1. The van der Waals surface area contributed by atoms with Crippen molar-refractivity contribution in [2.75, 3.05) is 36.0 Å². The van der Waals surface area contributed by atoms with Crippen LogP contribution in [0.4, 0.5) is 11.5 Å². The van der Waals surface area contributed by atoms with Gasteiger partial charge in [-0.3, -0.25) is 9.55 Å². The number of fused-ring (bicyclic) bond motifs is 1. The summed E-state index contributed by atoms with van der Waals surface area (Å²) in [4.78, 5) is 23.4. The van der Waals surface area contributed by atoms with Crippen LogP contribution in [0.1, 0.15) is 31.5 Å². The molecule has 0 spiro atoms. The van der Waals surface area contributed by atoms with Crippen molar-refractivity contribution in [2.24, 2.45) is 5.92 Å². The van der Waals surface area contributed by atoms with Crippen LogP contribution in [0.15, 0.2) is 55.1 Å². The smallest absolute Gasteiger partial charge is 0.170 e. The first-order chi connectivity index (χ1) is 17.1. The van der Waals surface area contributed by atoms with E-state index in [0.29, 0.717) is 6.54 Å². The largest absolute Gasteiger partial charge is 0.508 e. The molecule has 2 N–H and O–H groups in total. The molecular formula is C26H29N7O2. The first-order valence-corrected chi connectivity index (χ1v) is 12.2. The van der Waals surface area contributed by atoms with Gasteiger partial charge in [-0.15, -0.1) is 0 Å². The number of aliphatic hydroxyl groups is 1. The summed E-state index contributed by atoms with van der Waals surface area (Å²) in [5, 5.41) is 20.0. The zero-order valence-corrected chi connectivity index (χ0v) is 19.7. The minimum Gasteiger partial charge on any atom is -0.508 e. The number of aromatic nitrogens is 5. The number of hydrogen-bond donors (Lipinski definition) is 2. The molecule has 2 aliphatic rings. The summed E-state index contributed by atoms with van der Waals surface area (Å²) >= 11 is 0. The molecule has 6 rings (SSSR count). The molecule has 0 saturated carbocycles. The Morgan fingerprint density at radius 2 is 1.63 bits per heavy atom. The third kappa shape index (κ3) is 4.05. The number of pyridine rings is 1. The lowest BCUT2D eigenvalue weighted by atomic mass is 9.95. The summed E-state index contributed by atoms with van der Waals surface area (Å²) < 4.78 is 1.99. The SMILES string of the molecule is C[C@H]1CN(c2nc(C3CCN(c4ccc(O)cc4)CC3)nc3c2ncn3-c2ccncc2)C[C@@H]1O. The van der Waals surface area contributed by atoms with Gasteiger partial charge < -0.3 is 20.0 Å². The van der Waals surface area contributed by atoms with Crippen molar-refractivity contribution in [1.82, 2.24) is 24.5 Å². The van der Waals surface area contributed by atoms with Crippen molar-refractivity contribution in [3.8, 4) is 11.4 Å². The fourth-order valence-electron chi connectivity index (χ4n) is 5.18. The van der Waals surface area contributed by atoms with Gasteiger partial charge in [0.05, 0.1) is 11.8 Å². The van der Waals surface area contributed by atoms with Crippen LogP contribution < -0.4 is 9.80 Å². The molecule has 2 atom stereocenters. The van der Waals surface area contributed by atoms with Crippen molar-refractivity contribution >= 4 is 22.7 Å². The highest BCUT2D eigenvalue weighted by molar-refractivity contribution is 5.85. The van der Waals surface area contributed by atoms with E-state index in [1.165, 1.54) is 0 Å². The number of aliphatic hydroxyl groups excluding tert-OH is 1. The predicted octanol–water partition coefficient (Wildman–Crippen LogP) is 3.12. The molecule has 9 nitrogen and oxygen atoms in total. The van der Waals surface area contributed by atoms with Crippen molar-refractivity contribution in [3.63, 3.8) is 0 Å². The molecule has 2 saturated heterocycles.